The minimum absolute atomic E-state index is 0.0619. The van der Waals surface area contributed by atoms with Crippen LogP contribution in [0.4, 0.5) is 0 Å². The minimum atomic E-state index is -0.791. The van der Waals surface area contributed by atoms with Gasteiger partial charge in [0.05, 0.1) is 0 Å². The number of carboxylic acids is 1. The van der Waals surface area contributed by atoms with Crippen LogP contribution in [0.15, 0.2) is 12.1 Å². The lowest BCUT2D eigenvalue weighted by molar-refractivity contribution is -0.137. The van der Waals surface area contributed by atoms with Gasteiger partial charge >= 0.3 is 5.97 Å². The first-order chi connectivity index (χ1) is 6.02. The Morgan fingerprint density at radius 2 is 2.15 bits per heavy atom. The fourth-order valence-corrected chi connectivity index (χ4v) is 1.44. The molecular formula is C10H15NO2. The van der Waals surface area contributed by atoms with Crippen LogP contribution in [0, 0.1) is 6.92 Å². The average Bonchev–Trinajstić information content (AvgIpc) is 2.32. The average molecular weight is 181 g/mol. The van der Waals surface area contributed by atoms with E-state index in [1.54, 1.807) is 0 Å². The number of hydrogen-bond acceptors (Lipinski definition) is 1. The van der Waals surface area contributed by atoms with Crippen molar-refractivity contribution in [1.29, 1.82) is 0 Å². The largest absolute Gasteiger partial charge is 0.480 e. The SMILES string of the molecule is Cc1ccc(C(C)C)n1CC(=O)O. The van der Waals surface area contributed by atoms with Crippen LogP contribution in [-0.2, 0) is 11.3 Å². The van der Waals surface area contributed by atoms with E-state index in [9.17, 15) is 4.79 Å². The quantitative estimate of drug-likeness (QED) is 0.775. The highest BCUT2D eigenvalue weighted by Crippen LogP contribution is 2.17. The maximum absolute atomic E-state index is 10.6. The van der Waals surface area contributed by atoms with E-state index in [0.717, 1.165) is 11.4 Å². The van der Waals surface area contributed by atoms with Crippen LogP contribution in [0.5, 0.6) is 0 Å². The van der Waals surface area contributed by atoms with E-state index >= 15 is 0 Å². The molecule has 0 aromatic carbocycles. The molecule has 1 heterocycles. The van der Waals surface area contributed by atoms with E-state index < -0.39 is 5.97 Å². The van der Waals surface area contributed by atoms with Crippen LogP contribution in [-0.4, -0.2) is 15.6 Å². The highest BCUT2D eigenvalue weighted by Gasteiger charge is 2.10. The lowest BCUT2D eigenvalue weighted by Gasteiger charge is -2.11. The molecule has 0 bridgehead atoms. The van der Waals surface area contributed by atoms with Gasteiger partial charge in [-0.1, -0.05) is 13.8 Å². The van der Waals surface area contributed by atoms with Gasteiger partial charge in [0.1, 0.15) is 6.54 Å². The number of aliphatic carboxylic acids is 1. The Hall–Kier alpha value is -1.25. The molecule has 0 spiro atoms. The topological polar surface area (TPSA) is 42.2 Å². The number of nitrogens with zero attached hydrogens (tertiary/aromatic N) is 1. The molecule has 0 radical (unpaired) electrons. The molecule has 72 valence electrons. The van der Waals surface area contributed by atoms with E-state index in [0.29, 0.717) is 5.92 Å². The van der Waals surface area contributed by atoms with Crippen LogP contribution in [0.2, 0.25) is 0 Å². The molecular weight excluding hydrogens is 166 g/mol. The summed E-state index contributed by atoms with van der Waals surface area (Å²) in [6.45, 7) is 6.11. The molecule has 0 atom stereocenters. The van der Waals surface area contributed by atoms with Crippen molar-refractivity contribution in [3.63, 3.8) is 0 Å². The monoisotopic (exact) mass is 181 g/mol. The third kappa shape index (κ3) is 2.11. The Balaban J connectivity index is 3.01. The van der Waals surface area contributed by atoms with Gasteiger partial charge < -0.3 is 9.67 Å². The van der Waals surface area contributed by atoms with Crippen LogP contribution < -0.4 is 0 Å². The van der Waals surface area contributed by atoms with Crippen molar-refractivity contribution in [2.75, 3.05) is 0 Å². The predicted octanol–water partition coefficient (Wildman–Crippen LogP) is 2.00. The molecule has 0 aliphatic carbocycles. The van der Waals surface area contributed by atoms with Crippen molar-refractivity contribution < 1.29 is 9.90 Å². The van der Waals surface area contributed by atoms with E-state index in [2.05, 4.69) is 13.8 Å². The summed E-state index contributed by atoms with van der Waals surface area (Å²) in [4.78, 5) is 10.6. The molecule has 0 unspecified atom stereocenters. The number of aromatic nitrogens is 1. The van der Waals surface area contributed by atoms with Crippen molar-refractivity contribution in [1.82, 2.24) is 4.57 Å². The molecule has 0 aliphatic rings. The summed E-state index contributed by atoms with van der Waals surface area (Å²) < 4.78 is 1.84. The van der Waals surface area contributed by atoms with Gasteiger partial charge in [0.25, 0.3) is 0 Å². The maximum Gasteiger partial charge on any atom is 0.323 e. The molecule has 3 heteroatoms. The van der Waals surface area contributed by atoms with Crippen molar-refractivity contribution in [2.24, 2.45) is 0 Å². The number of aryl methyl sites for hydroxylation is 1. The van der Waals surface area contributed by atoms with Crippen LogP contribution in [0.1, 0.15) is 31.2 Å². The van der Waals surface area contributed by atoms with Crippen LogP contribution in [0.3, 0.4) is 0 Å². The van der Waals surface area contributed by atoms with Crippen molar-refractivity contribution in [2.45, 2.75) is 33.2 Å². The van der Waals surface area contributed by atoms with Crippen molar-refractivity contribution >= 4 is 5.97 Å². The zero-order valence-electron chi connectivity index (χ0n) is 8.24. The Labute approximate surface area is 78.0 Å². The fraction of sp³-hybridized carbons (Fsp3) is 0.500. The second kappa shape index (κ2) is 3.64. The van der Waals surface area contributed by atoms with Gasteiger partial charge in [-0.3, -0.25) is 4.79 Å². The Morgan fingerprint density at radius 3 is 2.62 bits per heavy atom. The molecule has 0 aliphatic heterocycles. The van der Waals surface area contributed by atoms with Crippen LogP contribution in [0.25, 0.3) is 0 Å². The lowest BCUT2D eigenvalue weighted by atomic mass is 10.1. The highest BCUT2D eigenvalue weighted by molar-refractivity contribution is 5.66. The maximum atomic E-state index is 10.6. The molecule has 1 rings (SSSR count). The van der Waals surface area contributed by atoms with Gasteiger partial charge in [-0.05, 0) is 25.0 Å². The number of carbonyl (C=O) groups is 1. The lowest BCUT2D eigenvalue weighted by Crippen LogP contribution is -2.13. The summed E-state index contributed by atoms with van der Waals surface area (Å²) in [5.74, 6) is -0.422. The molecule has 0 amide bonds. The molecule has 13 heavy (non-hydrogen) atoms. The van der Waals surface area contributed by atoms with Crippen LogP contribution >= 0.6 is 0 Å². The van der Waals surface area contributed by atoms with E-state index in [1.165, 1.54) is 0 Å². The number of rotatable bonds is 3. The summed E-state index contributed by atoms with van der Waals surface area (Å²) in [7, 11) is 0. The van der Waals surface area contributed by atoms with Gasteiger partial charge in [-0.2, -0.15) is 0 Å². The molecule has 1 N–H and O–H groups in total. The summed E-state index contributed by atoms with van der Waals surface area (Å²) in [6.07, 6.45) is 0. The van der Waals surface area contributed by atoms with Gasteiger partial charge in [0, 0.05) is 11.4 Å². The fourth-order valence-electron chi connectivity index (χ4n) is 1.44. The van der Waals surface area contributed by atoms with Gasteiger partial charge in [-0.15, -0.1) is 0 Å². The first-order valence-electron chi connectivity index (χ1n) is 4.40. The third-order valence-electron chi connectivity index (χ3n) is 2.12. The molecule has 0 fully saturated rings. The standard InChI is InChI=1S/C10H15NO2/c1-7(2)9-5-4-8(3)11(9)6-10(12)13/h4-5,7H,6H2,1-3H3,(H,12,13). The Kier molecular flexibility index (Phi) is 2.76. The normalized spacial score (nSPS) is 10.8. The van der Waals surface area contributed by atoms with Gasteiger partial charge in [-0.25, -0.2) is 0 Å². The molecule has 1 aromatic heterocycles. The van der Waals surface area contributed by atoms with Crippen molar-refractivity contribution in [3.05, 3.63) is 23.5 Å². The van der Waals surface area contributed by atoms with E-state index in [1.807, 2.05) is 23.6 Å². The molecule has 0 saturated heterocycles. The van der Waals surface area contributed by atoms with Gasteiger partial charge in [0.2, 0.25) is 0 Å². The second-order valence-corrected chi connectivity index (χ2v) is 3.53. The number of hydrogen-bond donors (Lipinski definition) is 1. The smallest absolute Gasteiger partial charge is 0.323 e. The molecule has 0 saturated carbocycles. The summed E-state index contributed by atoms with van der Waals surface area (Å²) >= 11 is 0. The predicted molar refractivity (Wildman–Crippen MR) is 50.9 cm³/mol. The third-order valence-corrected chi connectivity index (χ3v) is 2.12. The minimum Gasteiger partial charge on any atom is -0.480 e. The Bertz CT molecular complexity index is 313. The highest BCUT2D eigenvalue weighted by atomic mass is 16.4. The van der Waals surface area contributed by atoms with E-state index in [-0.39, 0.29) is 6.54 Å². The summed E-state index contributed by atoms with van der Waals surface area (Å²) in [5, 5.41) is 8.70. The van der Waals surface area contributed by atoms with E-state index in [4.69, 9.17) is 5.11 Å². The van der Waals surface area contributed by atoms with Gasteiger partial charge in [0.15, 0.2) is 0 Å². The summed E-state index contributed by atoms with van der Waals surface area (Å²) in [6, 6.07) is 3.95. The molecule has 1 aromatic rings. The first kappa shape index (κ1) is 9.84. The number of carboxylic acid groups (broad SMARTS) is 1. The molecule has 3 nitrogen and oxygen atoms in total. The van der Waals surface area contributed by atoms with Crippen molar-refractivity contribution in [3.8, 4) is 0 Å². The first-order valence-corrected chi connectivity index (χ1v) is 4.40. The zero-order valence-corrected chi connectivity index (χ0v) is 8.24. The summed E-state index contributed by atoms with van der Waals surface area (Å²) in [5.41, 5.74) is 2.09. The Morgan fingerprint density at radius 1 is 1.54 bits per heavy atom. The second-order valence-electron chi connectivity index (χ2n) is 3.53. The zero-order chi connectivity index (χ0) is 10.0.